The summed E-state index contributed by atoms with van der Waals surface area (Å²) in [4.78, 5) is 21.0. The second-order valence-corrected chi connectivity index (χ2v) is 2.42. The van der Waals surface area contributed by atoms with Crippen molar-refractivity contribution in [2.24, 2.45) is 0 Å². The summed E-state index contributed by atoms with van der Waals surface area (Å²) in [5.41, 5.74) is 0. The molecule has 0 aromatic carbocycles. The van der Waals surface area contributed by atoms with Crippen molar-refractivity contribution in [3.8, 4) is 11.8 Å². The van der Waals surface area contributed by atoms with E-state index in [0.29, 0.717) is 13.0 Å². The van der Waals surface area contributed by atoms with Crippen LogP contribution in [0.2, 0.25) is 0 Å². The molecule has 0 unspecified atom stereocenters. The molecule has 0 rings (SSSR count). The molecule has 4 nitrogen and oxygen atoms in total. The van der Waals surface area contributed by atoms with Gasteiger partial charge in [-0.2, -0.15) is 0 Å². The van der Waals surface area contributed by atoms with Crippen LogP contribution in [0, 0.1) is 11.8 Å². The maximum absolute atomic E-state index is 10.9. The predicted molar refractivity (Wildman–Crippen MR) is 47.9 cm³/mol. The molecule has 0 aliphatic rings. The number of nitrogens with one attached hydrogen (secondary N) is 1. The molecular formula is C9H13NO3. The van der Waals surface area contributed by atoms with E-state index in [0.717, 1.165) is 0 Å². The van der Waals surface area contributed by atoms with Gasteiger partial charge in [0.25, 0.3) is 0 Å². The summed E-state index contributed by atoms with van der Waals surface area (Å²) in [6, 6.07) is 0. The minimum absolute atomic E-state index is 0.0366. The molecule has 0 radical (unpaired) electrons. The summed E-state index contributed by atoms with van der Waals surface area (Å²) < 4.78 is 0. The zero-order chi connectivity index (χ0) is 10.1. The molecule has 1 amide bonds. The molecule has 13 heavy (non-hydrogen) atoms. The summed E-state index contributed by atoms with van der Waals surface area (Å²) in [5, 5.41) is 10.8. The molecule has 0 aliphatic heterocycles. The highest BCUT2D eigenvalue weighted by Gasteiger charge is 2.03. The summed E-state index contributed by atoms with van der Waals surface area (Å²) in [6.45, 7) is 2.21. The lowest BCUT2D eigenvalue weighted by Crippen LogP contribution is -2.24. The van der Waals surface area contributed by atoms with Crippen molar-refractivity contribution in [3.05, 3.63) is 0 Å². The van der Waals surface area contributed by atoms with E-state index in [-0.39, 0.29) is 18.7 Å². The van der Waals surface area contributed by atoms with Crippen LogP contribution in [-0.4, -0.2) is 23.5 Å². The zero-order valence-corrected chi connectivity index (χ0v) is 7.59. The van der Waals surface area contributed by atoms with Crippen molar-refractivity contribution in [3.63, 3.8) is 0 Å². The van der Waals surface area contributed by atoms with Gasteiger partial charge in [0.15, 0.2) is 0 Å². The molecule has 0 fully saturated rings. The molecule has 0 atom stereocenters. The number of hydrogen-bond acceptors (Lipinski definition) is 2. The fourth-order valence-electron chi connectivity index (χ4n) is 0.698. The Balaban J connectivity index is 3.39. The van der Waals surface area contributed by atoms with E-state index in [2.05, 4.69) is 17.2 Å². The van der Waals surface area contributed by atoms with Crippen molar-refractivity contribution in [2.45, 2.75) is 26.2 Å². The average molecular weight is 183 g/mol. The number of carbonyl (C=O) groups is 2. The van der Waals surface area contributed by atoms with Crippen molar-refractivity contribution >= 4 is 11.9 Å². The van der Waals surface area contributed by atoms with Crippen LogP contribution in [-0.2, 0) is 9.59 Å². The van der Waals surface area contributed by atoms with Crippen LogP contribution in [0.3, 0.4) is 0 Å². The maximum Gasteiger partial charge on any atom is 0.303 e. The van der Waals surface area contributed by atoms with Gasteiger partial charge in [0.2, 0.25) is 5.91 Å². The lowest BCUT2D eigenvalue weighted by Gasteiger charge is -1.99. The summed E-state index contributed by atoms with van der Waals surface area (Å²) in [6.07, 6.45) is 0.523. The number of carboxylic acid groups (broad SMARTS) is 1. The average Bonchev–Trinajstić information content (AvgIpc) is 2.09. The van der Waals surface area contributed by atoms with E-state index in [1.165, 1.54) is 0 Å². The predicted octanol–water partition coefficient (Wildman–Crippen LogP) is 0.381. The molecule has 0 aliphatic carbocycles. The Morgan fingerprint density at radius 1 is 1.38 bits per heavy atom. The Morgan fingerprint density at radius 2 is 2.08 bits per heavy atom. The molecule has 0 spiro atoms. The molecule has 72 valence electrons. The van der Waals surface area contributed by atoms with Gasteiger partial charge in [-0.1, -0.05) is 0 Å². The summed E-state index contributed by atoms with van der Waals surface area (Å²) in [5.74, 6) is 4.29. The lowest BCUT2D eigenvalue weighted by atomic mass is 10.3. The Labute approximate surface area is 77.3 Å². The van der Waals surface area contributed by atoms with Gasteiger partial charge in [-0.25, -0.2) is 0 Å². The van der Waals surface area contributed by atoms with Crippen LogP contribution in [0.1, 0.15) is 26.2 Å². The van der Waals surface area contributed by atoms with E-state index in [1.54, 1.807) is 6.92 Å². The van der Waals surface area contributed by atoms with Gasteiger partial charge in [-0.15, -0.1) is 11.8 Å². The number of aliphatic carboxylic acids is 1. The highest BCUT2D eigenvalue weighted by atomic mass is 16.4. The minimum Gasteiger partial charge on any atom is -0.481 e. The Bertz CT molecular complexity index is 237. The SMILES string of the molecule is CC#CCCNC(=O)CCC(=O)O. The second kappa shape index (κ2) is 7.17. The first-order valence-corrected chi connectivity index (χ1v) is 4.05. The largest absolute Gasteiger partial charge is 0.481 e. The highest BCUT2D eigenvalue weighted by molar-refractivity contribution is 5.80. The van der Waals surface area contributed by atoms with Gasteiger partial charge in [-0.05, 0) is 6.92 Å². The van der Waals surface area contributed by atoms with Crippen LogP contribution < -0.4 is 5.32 Å². The third-order valence-corrected chi connectivity index (χ3v) is 1.31. The summed E-state index contributed by atoms with van der Waals surface area (Å²) in [7, 11) is 0. The second-order valence-electron chi connectivity index (χ2n) is 2.42. The van der Waals surface area contributed by atoms with Crippen molar-refractivity contribution < 1.29 is 14.7 Å². The fourth-order valence-corrected chi connectivity index (χ4v) is 0.698. The first-order valence-electron chi connectivity index (χ1n) is 4.05. The van der Waals surface area contributed by atoms with Crippen LogP contribution in [0.5, 0.6) is 0 Å². The lowest BCUT2D eigenvalue weighted by molar-refractivity contribution is -0.138. The van der Waals surface area contributed by atoms with E-state index >= 15 is 0 Å². The highest BCUT2D eigenvalue weighted by Crippen LogP contribution is 1.88. The van der Waals surface area contributed by atoms with Crippen molar-refractivity contribution in [1.29, 1.82) is 0 Å². The number of hydrogen-bond donors (Lipinski definition) is 2. The van der Waals surface area contributed by atoms with Crippen LogP contribution in [0.25, 0.3) is 0 Å². The maximum atomic E-state index is 10.9. The number of rotatable bonds is 5. The number of carbonyl (C=O) groups excluding carboxylic acids is 1. The van der Waals surface area contributed by atoms with E-state index < -0.39 is 5.97 Å². The van der Waals surface area contributed by atoms with Crippen LogP contribution >= 0.6 is 0 Å². The molecule has 0 aromatic rings. The molecule has 2 N–H and O–H groups in total. The first kappa shape index (κ1) is 11.5. The zero-order valence-electron chi connectivity index (χ0n) is 7.59. The fraction of sp³-hybridized carbons (Fsp3) is 0.556. The molecule has 0 saturated carbocycles. The third kappa shape index (κ3) is 8.41. The Hall–Kier alpha value is -1.50. The minimum atomic E-state index is -0.955. The van der Waals surface area contributed by atoms with E-state index in [1.807, 2.05) is 0 Å². The monoisotopic (exact) mass is 183 g/mol. The molecule has 0 aromatic heterocycles. The van der Waals surface area contributed by atoms with Gasteiger partial charge >= 0.3 is 5.97 Å². The van der Waals surface area contributed by atoms with E-state index in [4.69, 9.17) is 5.11 Å². The van der Waals surface area contributed by atoms with Gasteiger partial charge in [-0.3, -0.25) is 9.59 Å². The normalized spacial score (nSPS) is 8.38. The Morgan fingerprint density at radius 3 is 2.62 bits per heavy atom. The topological polar surface area (TPSA) is 66.4 Å². The molecule has 0 saturated heterocycles. The summed E-state index contributed by atoms with van der Waals surface area (Å²) >= 11 is 0. The smallest absolute Gasteiger partial charge is 0.303 e. The quantitative estimate of drug-likeness (QED) is 0.478. The van der Waals surface area contributed by atoms with Crippen molar-refractivity contribution in [2.75, 3.05) is 6.54 Å². The molecule has 0 heterocycles. The van der Waals surface area contributed by atoms with E-state index in [9.17, 15) is 9.59 Å². The van der Waals surface area contributed by atoms with Gasteiger partial charge in [0, 0.05) is 19.4 Å². The standard InChI is InChI=1S/C9H13NO3/c1-2-3-4-7-10-8(11)5-6-9(12)13/h4-7H2,1H3,(H,10,11)(H,12,13). The van der Waals surface area contributed by atoms with Crippen molar-refractivity contribution in [1.82, 2.24) is 5.32 Å². The van der Waals surface area contributed by atoms with Gasteiger partial charge < -0.3 is 10.4 Å². The van der Waals surface area contributed by atoms with Gasteiger partial charge in [0.05, 0.1) is 6.42 Å². The third-order valence-electron chi connectivity index (χ3n) is 1.31. The number of carboxylic acids is 1. The first-order chi connectivity index (χ1) is 6.16. The molecular weight excluding hydrogens is 170 g/mol. The van der Waals surface area contributed by atoms with Gasteiger partial charge in [0.1, 0.15) is 0 Å². The Kier molecular flexibility index (Phi) is 6.34. The van der Waals surface area contributed by atoms with Crippen LogP contribution in [0.15, 0.2) is 0 Å². The molecule has 4 heteroatoms. The van der Waals surface area contributed by atoms with Crippen LogP contribution in [0.4, 0.5) is 0 Å². The molecule has 0 bridgehead atoms. The number of amides is 1.